The van der Waals surface area contributed by atoms with Gasteiger partial charge in [0.2, 0.25) is 0 Å². The van der Waals surface area contributed by atoms with Crippen molar-refractivity contribution in [2.75, 3.05) is 7.11 Å². The summed E-state index contributed by atoms with van der Waals surface area (Å²) in [7, 11) is 1.52. The van der Waals surface area contributed by atoms with E-state index in [-0.39, 0.29) is 5.82 Å². The maximum Gasteiger partial charge on any atom is 0.124 e. The van der Waals surface area contributed by atoms with Crippen LogP contribution in [-0.2, 0) is 0 Å². The molecule has 0 aromatic heterocycles. The molecule has 0 fully saturated rings. The Hall–Kier alpha value is -1.35. The molecule has 0 aliphatic carbocycles. The number of halogens is 1. The Balaban J connectivity index is 3.14. The molecule has 0 amide bonds. The van der Waals surface area contributed by atoms with E-state index in [0.717, 1.165) is 0 Å². The average molecular weight is 181 g/mol. The number of ether oxygens (including phenoxy) is 1. The minimum Gasteiger partial charge on any atom is -0.496 e. The second-order valence-corrected chi connectivity index (χ2v) is 2.65. The number of benzene rings is 1. The van der Waals surface area contributed by atoms with Crippen molar-refractivity contribution >= 4 is 0 Å². The Morgan fingerprint density at radius 1 is 1.62 bits per heavy atom. The Labute approximate surface area is 76.8 Å². The summed E-state index contributed by atoms with van der Waals surface area (Å²) in [6.45, 7) is 3.54. The van der Waals surface area contributed by atoms with Crippen LogP contribution in [0.5, 0.6) is 5.75 Å². The zero-order valence-electron chi connectivity index (χ0n) is 7.46. The van der Waals surface area contributed by atoms with Gasteiger partial charge in [-0.2, -0.15) is 0 Å². The van der Waals surface area contributed by atoms with Crippen LogP contribution in [0.15, 0.2) is 30.9 Å². The molecule has 13 heavy (non-hydrogen) atoms. The van der Waals surface area contributed by atoms with Gasteiger partial charge in [0.1, 0.15) is 11.6 Å². The van der Waals surface area contributed by atoms with Gasteiger partial charge in [0, 0.05) is 5.56 Å². The van der Waals surface area contributed by atoms with E-state index in [4.69, 9.17) is 10.5 Å². The molecule has 0 radical (unpaired) electrons. The number of methoxy groups -OCH3 is 1. The summed E-state index contributed by atoms with van der Waals surface area (Å²) < 4.78 is 17.9. The molecule has 0 aliphatic rings. The predicted molar refractivity (Wildman–Crippen MR) is 50.1 cm³/mol. The van der Waals surface area contributed by atoms with E-state index in [0.29, 0.717) is 11.3 Å². The standard InChI is InChI=1S/C10H12FNO/c1-3-9(12)8-6-7(11)4-5-10(8)13-2/h3-6,9H,1,12H2,2H3/t9-/m0/s1. The first kappa shape index (κ1) is 9.74. The summed E-state index contributed by atoms with van der Waals surface area (Å²) in [5.74, 6) is 0.252. The first-order valence-corrected chi connectivity index (χ1v) is 3.90. The third kappa shape index (κ3) is 2.06. The second-order valence-electron chi connectivity index (χ2n) is 2.65. The fourth-order valence-electron chi connectivity index (χ4n) is 1.09. The molecule has 0 saturated carbocycles. The van der Waals surface area contributed by atoms with Crippen molar-refractivity contribution in [1.82, 2.24) is 0 Å². The van der Waals surface area contributed by atoms with Crippen molar-refractivity contribution in [2.24, 2.45) is 5.73 Å². The third-order valence-corrected chi connectivity index (χ3v) is 1.80. The number of nitrogens with two attached hydrogens (primary N) is 1. The van der Waals surface area contributed by atoms with Crippen LogP contribution in [0, 0.1) is 5.82 Å². The largest absolute Gasteiger partial charge is 0.496 e. The van der Waals surface area contributed by atoms with Crippen molar-refractivity contribution in [1.29, 1.82) is 0 Å². The Bertz CT molecular complexity index is 312. The molecule has 0 spiro atoms. The molecule has 0 bridgehead atoms. The van der Waals surface area contributed by atoms with Gasteiger partial charge in [-0.25, -0.2) is 4.39 Å². The number of hydrogen-bond donors (Lipinski definition) is 1. The fourth-order valence-corrected chi connectivity index (χ4v) is 1.09. The van der Waals surface area contributed by atoms with Gasteiger partial charge in [-0.05, 0) is 18.2 Å². The molecule has 0 unspecified atom stereocenters. The minimum atomic E-state index is -0.398. The van der Waals surface area contributed by atoms with E-state index in [9.17, 15) is 4.39 Å². The highest BCUT2D eigenvalue weighted by Crippen LogP contribution is 2.24. The smallest absolute Gasteiger partial charge is 0.124 e. The predicted octanol–water partition coefficient (Wildman–Crippen LogP) is 2.02. The van der Waals surface area contributed by atoms with Crippen LogP contribution >= 0.6 is 0 Å². The van der Waals surface area contributed by atoms with Crippen molar-refractivity contribution in [3.05, 3.63) is 42.2 Å². The molecule has 0 heterocycles. The molecular weight excluding hydrogens is 169 g/mol. The van der Waals surface area contributed by atoms with Crippen molar-refractivity contribution in [3.8, 4) is 5.75 Å². The lowest BCUT2D eigenvalue weighted by atomic mass is 10.1. The van der Waals surface area contributed by atoms with Crippen molar-refractivity contribution in [2.45, 2.75) is 6.04 Å². The first-order chi connectivity index (χ1) is 6.19. The summed E-state index contributed by atoms with van der Waals surface area (Å²) >= 11 is 0. The van der Waals surface area contributed by atoms with Crippen LogP contribution in [0.3, 0.4) is 0 Å². The van der Waals surface area contributed by atoms with Crippen LogP contribution in [0.1, 0.15) is 11.6 Å². The van der Waals surface area contributed by atoms with Crippen molar-refractivity contribution < 1.29 is 9.13 Å². The number of hydrogen-bond acceptors (Lipinski definition) is 2. The monoisotopic (exact) mass is 181 g/mol. The molecule has 2 nitrogen and oxygen atoms in total. The van der Waals surface area contributed by atoms with Gasteiger partial charge in [0.05, 0.1) is 13.2 Å². The molecule has 3 heteroatoms. The number of rotatable bonds is 3. The summed E-state index contributed by atoms with van der Waals surface area (Å²) in [6.07, 6.45) is 1.54. The molecule has 2 N–H and O–H groups in total. The van der Waals surface area contributed by atoms with Gasteiger partial charge in [-0.1, -0.05) is 6.08 Å². The molecule has 0 aliphatic heterocycles. The lowest BCUT2D eigenvalue weighted by molar-refractivity contribution is 0.407. The maximum atomic E-state index is 12.8. The van der Waals surface area contributed by atoms with E-state index >= 15 is 0 Å². The van der Waals surface area contributed by atoms with E-state index in [2.05, 4.69) is 6.58 Å². The van der Waals surface area contributed by atoms with E-state index in [1.807, 2.05) is 0 Å². The molecule has 1 rings (SSSR count). The summed E-state index contributed by atoms with van der Waals surface area (Å²) in [6, 6.07) is 3.84. The molecule has 70 valence electrons. The maximum absolute atomic E-state index is 12.8. The van der Waals surface area contributed by atoms with Crippen molar-refractivity contribution in [3.63, 3.8) is 0 Å². The fraction of sp³-hybridized carbons (Fsp3) is 0.200. The average Bonchev–Trinajstić information content (AvgIpc) is 2.16. The topological polar surface area (TPSA) is 35.2 Å². The highest BCUT2D eigenvalue weighted by Gasteiger charge is 2.09. The van der Waals surface area contributed by atoms with Crippen LogP contribution < -0.4 is 10.5 Å². The SMILES string of the molecule is C=C[C@H](N)c1cc(F)ccc1OC. The zero-order valence-corrected chi connectivity index (χ0v) is 7.46. The summed E-state index contributed by atoms with van der Waals surface area (Å²) in [4.78, 5) is 0. The molecular formula is C10H12FNO. The third-order valence-electron chi connectivity index (χ3n) is 1.80. The highest BCUT2D eigenvalue weighted by molar-refractivity contribution is 5.37. The van der Waals surface area contributed by atoms with Crippen LogP contribution in [0.2, 0.25) is 0 Å². The lowest BCUT2D eigenvalue weighted by Gasteiger charge is -2.11. The van der Waals surface area contributed by atoms with Crippen LogP contribution in [0.25, 0.3) is 0 Å². The summed E-state index contributed by atoms with van der Waals surface area (Å²) in [5.41, 5.74) is 6.28. The lowest BCUT2D eigenvalue weighted by Crippen LogP contribution is -2.08. The Morgan fingerprint density at radius 3 is 2.85 bits per heavy atom. The first-order valence-electron chi connectivity index (χ1n) is 3.90. The Kier molecular flexibility index (Phi) is 3.03. The van der Waals surface area contributed by atoms with Crippen LogP contribution in [0.4, 0.5) is 4.39 Å². The Morgan fingerprint density at radius 2 is 2.31 bits per heavy atom. The van der Waals surface area contributed by atoms with Gasteiger partial charge in [0.25, 0.3) is 0 Å². The van der Waals surface area contributed by atoms with Gasteiger partial charge in [-0.3, -0.25) is 0 Å². The minimum absolute atomic E-state index is 0.326. The molecule has 0 saturated heterocycles. The molecule has 1 aromatic carbocycles. The normalized spacial score (nSPS) is 12.2. The highest BCUT2D eigenvalue weighted by atomic mass is 19.1. The molecule has 1 atom stereocenters. The van der Waals surface area contributed by atoms with E-state index in [1.165, 1.54) is 25.3 Å². The summed E-state index contributed by atoms with van der Waals surface area (Å²) in [5, 5.41) is 0. The van der Waals surface area contributed by atoms with Crippen LogP contribution in [-0.4, -0.2) is 7.11 Å². The van der Waals surface area contributed by atoms with Gasteiger partial charge >= 0.3 is 0 Å². The quantitative estimate of drug-likeness (QED) is 0.724. The molecule has 1 aromatic rings. The van der Waals surface area contributed by atoms with Gasteiger partial charge in [-0.15, -0.1) is 6.58 Å². The van der Waals surface area contributed by atoms with Gasteiger partial charge < -0.3 is 10.5 Å². The van der Waals surface area contributed by atoms with Gasteiger partial charge in [0.15, 0.2) is 0 Å². The zero-order chi connectivity index (χ0) is 9.84. The second kappa shape index (κ2) is 4.05. The van der Waals surface area contributed by atoms with E-state index < -0.39 is 6.04 Å². The van der Waals surface area contributed by atoms with E-state index in [1.54, 1.807) is 6.07 Å².